The molecule has 2 heterocycles. The fraction of sp³-hybridized carbons (Fsp3) is 0.364. The SMILES string of the molecule is CCc1ccc(S(=O)(=O)NCc2cn(CC(=O)O)nn2)s1. The number of carboxylic acids is 1. The zero-order valence-electron chi connectivity index (χ0n) is 11.2. The molecule has 0 saturated heterocycles. The number of sulfonamides is 1. The van der Waals surface area contributed by atoms with Crippen LogP contribution in [0.1, 0.15) is 17.5 Å². The fourth-order valence-corrected chi connectivity index (χ4v) is 3.91. The summed E-state index contributed by atoms with van der Waals surface area (Å²) in [6, 6.07) is 3.34. The maximum atomic E-state index is 12.1. The van der Waals surface area contributed by atoms with Crippen molar-refractivity contribution in [3.05, 3.63) is 28.9 Å². The third-order valence-corrected chi connectivity index (χ3v) is 5.70. The van der Waals surface area contributed by atoms with Gasteiger partial charge in [0.15, 0.2) is 0 Å². The summed E-state index contributed by atoms with van der Waals surface area (Å²) in [6.07, 6.45) is 2.17. The van der Waals surface area contributed by atoms with Crippen LogP contribution in [-0.2, 0) is 34.3 Å². The third-order valence-electron chi connectivity index (χ3n) is 2.58. The molecule has 0 spiro atoms. The van der Waals surface area contributed by atoms with Gasteiger partial charge in [-0.05, 0) is 18.6 Å². The van der Waals surface area contributed by atoms with E-state index in [0.717, 1.165) is 16.0 Å². The van der Waals surface area contributed by atoms with Crippen LogP contribution in [0.15, 0.2) is 22.5 Å². The highest BCUT2D eigenvalue weighted by Gasteiger charge is 2.17. The Morgan fingerprint density at radius 2 is 2.24 bits per heavy atom. The maximum absolute atomic E-state index is 12.1. The molecular formula is C11H14N4O4S2. The largest absolute Gasteiger partial charge is 0.480 e. The minimum Gasteiger partial charge on any atom is -0.480 e. The van der Waals surface area contributed by atoms with Gasteiger partial charge in [0.05, 0.1) is 18.4 Å². The van der Waals surface area contributed by atoms with Crippen LogP contribution >= 0.6 is 11.3 Å². The van der Waals surface area contributed by atoms with Gasteiger partial charge in [0.25, 0.3) is 0 Å². The predicted octanol–water partition coefficient (Wildman–Crippen LogP) is 0.465. The van der Waals surface area contributed by atoms with Crippen molar-refractivity contribution in [3.8, 4) is 0 Å². The topological polar surface area (TPSA) is 114 Å². The van der Waals surface area contributed by atoms with E-state index in [4.69, 9.17) is 5.11 Å². The monoisotopic (exact) mass is 330 g/mol. The van der Waals surface area contributed by atoms with E-state index in [0.29, 0.717) is 5.69 Å². The smallest absolute Gasteiger partial charge is 0.325 e. The molecule has 0 aromatic carbocycles. The van der Waals surface area contributed by atoms with Gasteiger partial charge in [-0.15, -0.1) is 16.4 Å². The standard InChI is InChI=1S/C11H14N4O4S2/c1-2-9-3-4-11(20-9)21(18,19)12-5-8-6-15(14-13-8)7-10(16)17/h3-4,6,12H,2,5,7H2,1H3,(H,16,17). The van der Waals surface area contributed by atoms with Gasteiger partial charge in [0, 0.05) is 4.88 Å². The number of carbonyl (C=O) groups is 1. The first-order valence-electron chi connectivity index (χ1n) is 6.10. The summed E-state index contributed by atoms with van der Waals surface area (Å²) in [5.74, 6) is -1.04. The molecule has 0 amide bonds. The van der Waals surface area contributed by atoms with Crippen molar-refractivity contribution in [1.82, 2.24) is 19.7 Å². The minimum atomic E-state index is -3.59. The summed E-state index contributed by atoms with van der Waals surface area (Å²) in [5, 5.41) is 15.9. The Labute approximate surface area is 125 Å². The van der Waals surface area contributed by atoms with Gasteiger partial charge >= 0.3 is 5.97 Å². The number of rotatable bonds is 7. The van der Waals surface area contributed by atoms with Gasteiger partial charge in [-0.2, -0.15) is 0 Å². The molecule has 0 unspecified atom stereocenters. The lowest BCUT2D eigenvalue weighted by molar-refractivity contribution is -0.137. The first-order valence-corrected chi connectivity index (χ1v) is 8.40. The number of carboxylic acid groups (broad SMARTS) is 1. The summed E-state index contributed by atoms with van der Waals surface area (Å²) >= 11 is 1.22. The van der Waals surface area contributed by atoms with Crippen molar-refractivity contribution in [2.75, 3.05) is 0 Å². The van der Waals surface area contributed by atoms with Gasteiger partial charge in [-0.25, -0.2) is 17.8 Å². The van der Waals surface area contributed by atoms with Crippen LogP contribution < -0.4 is 4.72 Å². The van der Waals surface area contributed by atoms with Crippen molar-refractivity contribution < 1.29 is 18.3 Å². The molecule has 2 aromatic heterocycles. The molecule has 0 bridgehead atoms. The van der Waals surface area contributed by atoms with Crippen LogP contribution in [0.2, 0.25) is 0 Å². The lowest BCUT2D eigenvalue weighted by atomic mass is 10.4. The van der Waals surface area contributed by atoms with Gasteiger partial charge < -0.3 is 5.11 Å². The van der Waals surface area contributed by atoms with Crippen molar-refractivity contribution >= 4 is 27.3 Å². The molecule has 114 valence electrons. The summed E-state index contributed by atoms with van der Waals surface area (Å²) in [7, 11) is -3.59. The average molecular weight is 330 g/mol. The van der Waals surface area contributed by atoms with E-state index in [1.54, 1.807) is 12.1 Å². The molecule has 10 heteroatoms. The summed E-state index contributed by atoms with van der Waals surface area (Å²) in [6.45, 7) is 1.60. The molecule has 2 rings (SSSR count). The summed E-state index contributed by atoms with van der Waals surface area (Å²) < 4.78 is 27.9. The molecule has 0 aliphatic rings. The molecule has 0 fully saturated rings. The maximum Gasteiger partial charge on any atom is 0.325 e. The zero-order valence-corrected chi connectivity index (χ0v) is 12.8. The minimum absolute atomic E-state index is 0.0404. The quantitative estimate of drug-likeness (QED) is 0.762. The molecule has 21 heavy (non-hydrogen) atoms. The predicted molar refractivity (Wildman–Crippen MR) is 75.4 cm³/mol. The molecule has 2 aromatic rings. The van der Waals surface area contributed by atoms with E-state index in [9.17, 15) is 13.2 Å². The average Bonchev–Trinajstić information content (AvgIpc) is 3.04. The van der Waals surface area contributed by atoms with Gasteiger partial charge in [0.1, 0.15) is 10.8 Å². The molecule has 0 saturated carbocycles. The van der Waals surface area contributed by atoms with Crippen molar-refractivity contribution in [1.29, 1.82) is 0 Å². The van der Waals surface area contributed by atoms with Gasteiger partial charge in [0.2, 0.25) is 10.0 Å². The van der Waals surface area contributed by atoms with Crippen molar-refractivity contribution in [2.45, 2.75) is 30.6 Å². The van der Waals surface area contributed by atoms with Gasteiger partial charge in [-0.3, -0.25) is 4.79 Å². The number of aryl methyl sites for hydroxylation is 1. The number of nitrogens with one attached hydrogen (secondary N) is 1. The Kier molecular flexibility index (Phi) is 4.70. The van der Waals surface area contributed by atoms with Crippen LogP contribution in [0.25, 0.3) is 0 Å². The van der Waals surface area contributed by atoms with E-state index >= 15 is 0 Å². The third kappa shape index (κ3) is 4.09. The van der Waals surface area contributed by atoms with Gasteiger partial charge in [-0.1, -0.05) is 12.1 Å². The van der Waals surface area contributed by atoms with Crippen LogP contribution in [0, 0.1) is 0 Å². The Hall–Kier alpha value is -1.78. The molecular weight excluding hydrogens is 316 g/mol. The first kappa shape index (κ1) is 15.6. The Balaban J connectivity index is 2.01. The molecule has 2 N–H and O–H groups in total. The Morgan fingerprint density at radius 1 is 1.48 bits per heavy atom. The Morgan fingerprint density at radius 3 is 2.86 bits per heavy atom. The van der Waals surface area contributed by atoms with Crippen molar-refractivity contribution in [2.24, 2.45) is 0 Å². The molecule has 0 aliphatic carbocycles. The van der Waals surface area contributed by atoms with Crippen LogP contribution in [0.4, 0.5) is 0 Å². The highest BCUT2D eigenvalue weighted by atomic mass is 32.2. The molecule has 8 nitrogen and oxygen atoms in total. The lowest BCUT2D eigenvalue weighted by Crippen LogP contribution is -2.22. The van der Waals surface area contributed by atoms with Crippen molar-refractivity contribution in [3.63, 3.8) is 0 Å². The highest BCUT2D eigenvalue weighted by molar-refractivity contribution is 7.91. The zero-order chi connectivity index (χ0) is 15.5. The van der Waals surface area contributed by atoms with E-state index in [1.807, 2.05) is 6.92 Å². The van der Waals surface area contributed by atoms with E-state index in [2.05, 4.69) is 15.0 Å². The van der Waals surface area contributed by atoms with Crippen LogP contribution in [0.3, 0.4) is 0 Å². The summed E-state index contributed by atoms with van der Waals surface area (Å²) in [5.41, 5.74) is 0.354. The second kappa shape index (κ2) is 6.33. The molecule has 0 aliphatic heterocycles. The van der Waals surface area contributed by atoms with Crippen LogP contribution in [0.5, 0.6) is 0 Å². The number of hydrogen-bond donors (Lipinski definition) is 2. The number of aliphatic carboxylic acids is 1. The number of thiophene rings is 1. The number of nitrogens with zero attached hydrogens (tertiary/aromatic N) is 3. The second-order valence-electron chi connectivity index (χ2n) is 4.20. The van der Waals surface area contributed by atoms with E-state index < -0.39 is 16.0 Å². The lowest BCUT2D eigenvalue weighted by Gasteiger charge is -2.01. The molecule has 0 atom stereocenters. The Bertz CT molecular complexity index is 735. The number of aromatic nitrogens is 3. The first-order chi connectivity index (χ1) is 9.90. The number of hydrogen-bond acceptors (Lipinski definition) is 6. The fourth-order valence-electron chi connectivity index (χ4n) is 1.57. The van der Waals surface area contributed by atoms with Crippen LogP contribution in [-0.4, -0.2) is 34.5 Å². The summed E-state index contributed by atoms with van der Waals surface area (Å²) in [4.78, 5) is 11.5. The second-order valence-corrected chi connectivity index (χ2v) is 7.36. The van der Waals surface area contributed by atoms with E-state index in [-0.39, 0.29) is 17.3 Å². The molecule has 0 radical (unpaired) electrons. The normalized spacial score (nSPS) is 11.7. The highest BCUT2D eigenvalue weighted by Crippen LogP contribution is 2.21. The van der Waals surface area contributed by atoms with E-state index in [1.165, 1.54) is 17.5 Å².